The van der Waals surface area contributed by atoms with Gasteiger partial charge in [-0.3, -0.25) is 0 Å². The standard InChI is InChI=1S/C12H15F2NO3/c1-3-17-12(16)15-8(2)9-5-4-6-10(7-9)18-11(13)14/h4-8,11H,3H2,1-2H3,(H,15,16). The van der Waals surface area contributed by atoms with Crippen LogP contribution in [0.15, 0.2) is 24.3 Å². The van der Waals surface area contributed by atoms with E-state index in [1.54, 1.807) is 26.0 Å². The van der Waals surface area contributed by atoms with Crippen molar-refractivity contribution in [2.75, 3.05) is 6.61 Å². The topological polar surface area (TPSA) is 47.6 Å². The van der Waals surface area contributed by atoms with Gasteiger partial charge < -0.3 is 14.8 Å². The summed E-state index contributed by atoms with van der Waals surface area (Å²) < 4.78 is 33.1. The number of hydrogen-bond acceptors (Lipinski definition) is 3. The second kappa shape index (κ2) is 6.78. The molecule has 4 nitrogen and oxygen atoms in total. The Hall–Kier alpha value is -1.85. The summed E-state index contributed by atoms with van der Waals surface area (Å²) in [5, 5.41) is 2.57. The third kappa shape index (κ3) is 4.57. The largest absolute Gasteiger partial charge is 0.450 e. The molecule has 1 N–H and O–H groups in total. The van der Waals surface area contributed by atoms with E-state index in [1.807, 2.05) is 0 Å². The first-order valence-corrected chi connectivity index (χ1v) is 5.51. The molecule has 0 heterocycles. The Labute approximate surface area is 104 Å². The molecular weight excluding hydrogens is 244 g/mol. The molecule has 1 amide bonds. The molecule has 0 bridgehead atoms. The van der Waals surface area contributed by atoms with Gasteiger partial charge in [-0.05, 0) is 31.5 Å². The highest BCUT2D eigenvalue weighted by molar-refractivity contribution is 5.67. The van der Waals surface area contributed by atoms with Crippen LogP contribution in [0, 0.1) is 0 Å². The molecule has 0 spiro atoms. The van der Waals surface area contributed by atoms with Crippen LogP contribution < -0.4 is 10.1 Å². The summed E-state index contributed by atoms with van der Waals surface area (Å²) in [6, 6.07) is 5.80. The fraction of sp³-hybridized carbons (Fsp3) is 0.417. The lowest BCUT2D eigenvalue weighted by atomic mass is 10.1. The second-order valence-corrected chi connectivity index (χ2v) is 3.54. The van der Waals surface area contributed by atoms with Crippen LogP contribution in [0.2, 0.25) is 0 Å². The number of benzene rings is 1. The Morgan fingerprint density at radius 3 is 2.78 bits per heavy atom. The van der Waals surface area contributed by atoms with Gasteiger partial charge >= 0.3 is 12.7 Å². The molecule has 18 heavy (non-hydrogen) atoms. The Morgan fingerprint density at radius 2 is 2.17 bits per heavy atom. The molecule has 0 aliphatic carbocycles. The number of amides is 1. The number of alkyl halides is 2. The van der Waals surface area contributed by atoms with Crippen molar-refractivity contribution in [1.82, 2.24) is 5.32 Å². The molecule has 1 rings (SSSR count). The van der Waals surface area contributed by atoms with Crippen molar-refractivity contribution in [2.45, 2.75) is 26.5 Å². The van der Waals surface area contributed by atoms with Crippen molar-refractivity contribution in [3.63, 3.8) is 0 Å². The average Bonchev–Trinajstić information content (AvgIpc) is 2.28. The fourth-order valence-electron chi connectivity index (χ4n) is 1.39. The number of alkyl carbamates (subject to hydrolysis) is 1. The zero-order valence-corrected chi connectivity index (χ0v) is 10.2. The number of hydrogen-bond donors (Lipinski definition) is 1. The van der Waals surface area contributed by atoms with Crippen LogP contribution in [0.3, 0.4) is 0 Å². The maximum Gasteiger partial charge on any atom is 0.407 e. The summed E-state index contributed by atoms with van der Waals surface area (Å²) in [6.07, 6.45) is -0.551. The maximum absolute atomic E-state index is 12.1. The van der Waals surface area contributed by atoms with E-state index in [0.29, 0.717) is 5.56 Å². The van der Waals surface area contributed by atoms with Crippen LogP contribution >= 0.6 is 0 Å². The van der Waals surface area contributed by atoms with E-state index in [9.17, 15) is 13.6 Å². The van der Waals surface area contributed by atoms with E-state index in [2.05, 4.69) is 10.1 Å². The fourth-order valence-corrected chi connectivity index (χ4v) is 1.39. The van der Waals surface area contributed by atoms with Crippen LogP contribution in [-0.2, 0) is 4.74 Å². The highest BCUT2D eigenvalue weighted by Crippen LogP contribution is 2.20. The molecule has 0 aromatic heterocycles. The monoisotopic (exact) mass is 259 g/mol. The summed E-state index contributed by atoms with van der Waals surface area (Å²) in [5.41, 5.74) is 0.654. The van der Waals surface area contributed by atoms with Gasteiger partial charge in [0.25, 0.3) is 0 Å². The predicted molar refractivity (Wildman–Crippen MR) is 61.6 cm³/mol. The third-order valence-electron chi connectivity index (χ3n) is 2.19. The Balaban J connectivity index is 2.67. The first kappa shape index (κ1) is 14.2. The van der Waals surface area contributed by atoms with Gasteiger partial charge in [-0.1, -0.05) is 12.1 Å². The molecule has 0 saturated heterocycles. The van der Waals surface area contributed by atoms with E-state index >= 15 is 0 Å². The average molecular weight is 259 g/mol. The lowest BCUT2D eigenvalue weighted by Crippen LogP contribution is -2.27. The van der Waals surface area contributed by atoms with Gasteiger partial charge in [-0.25, -0.2) is 4.79 Å². The molecule has 1 aromatic rings. The first-order chi connectivity index (χ1) is 8.52. The van der Waals surface area contributed by atoms with Gasteiger partial charge in [0.05, 0.1) is 12.6 Å². The normalized spacial score (nSPS) is 12.1. The molecule has 0 aliphatic heterocycles. The van der Waals surface area contributed by atoms with Gasteiger partial charge in [0, 0.05) is 0 Å². The van der Waals surface area contributed by atoms with E-state index in [4.69, 9.17) is 4.74 Å². The van der Waals surface area contributed by atoms with Crippen LogP contribution in [0.4, 0.5) is 13.6 Å². The van der Waals surface area contributed by atoms with Crippen molar-refractivity contribution >= 4 is 6.09 Å². The zero-order valence-electron chi connectivity index (χ0n) is 10.2. The smallest absolute Gasteiger partial charge is 0.407 e. The first-order valence-electron chi connectivity index (χ1n) is 5.51. The van der Waals surface area contributed by atoms with E-state index in [1.165, 1.54) is 12.1 Å². The maximum atomic E-state index is 12.1. The molecule has 1 unspecified atom stereocenters. The van der Waals surface area contributed by atoms with Crippen LogP contribution in [0.1, 0.15) is 25.5 Å². The summed E-state index contributed by atoms with van der Waals surface area (Å²) in [6.45, 7) is 0.820. The summed E-state index contributed by atoms with van der Waals surface area (Å²) in [4.78, 5) is 11.2. The Morgan fingerprint density at radius 1 is 1.44 bits per heavy atom. The SMILES string of the molecule is CCOC(=O)NC(C)c1cccc(OC(F)F)c1. The second-order valence-electron chi connectivity index (χ2n) is 3.54. The summed E-state index contributed by atoms with van der Waals surface area (Å²) >= 11 is 0. The van der Waals surface area contributed by atoms with Crippen LogP contribution in [0.25, 0.3) is 0 Å². The molecule has 1 aromatic carbocycles. The predicted octanol–water partition coefficient (Wildman–Crippen LogP) is 3.10. The lowest BCUT2D eigenvalue weighted by molar-refractivity contribution is -0.0499. The minimum Gasteiger partial charge on any atom is -0.450 e. The van der Waals surface area contributed by atoms with Gasteiger partial charge in [-0.2, -0.15) is 8.78 Å². The zero-order chi connectivity index (χ0) is 13.5. The van der Waals surface area contributed by atoms with E-state index in [-0.39, 0.29) is 18.4 Å². The van der Waals surface area contributed by atoms with Crippen molar-refractivity contribution < 1.29 is 23.0 Å². The highest BCUT2D eigenvalue weighted by atomic mass is 19.3. The lowest BCUT2D eigenvalue weighted by Gasteiger charge is -2.15. The van der Waals surface area contributed by atoms with Crippen molar-refractivity contribution in [2.24, 2.45) is 0 Å². The number of rotatable bonds is 5. The highest BCUT2D eigenvalue weighted by Gasteiger charge is 2.11. The molecular formula is C12H15F2NO3. The molecule has 6 heteroatoms. The van der Waals surface area contributed by atoms with Gasteiger partial charge in [0.2, 0.25) is 0 Å². The number of ether oxygens (including phenoxy) is 2. The quantitative estimate of drug-likeness (QED) is 0.883. The van der Waals surface area contributed by atoms with Crippen molar-refractivity contribution in [3.05, 3.63) is 29.8 Å². The molecule has 0 saturated carbocycles. The van der Waals surface area contributed by atoms with E-state index in [0.717, 1.165) is 0 Å². The summed E-state index contributed by atoms with van der Waals surface area (Å²) in [5.74, 6) is 0.0556. The Bertz CT molecular complexity index is 399. The van der Waals surface area contributed by atoms with Gasteiger partial charge in [0.15, 0.2) is 0 Å². The Kier molecular flexibility index (Phi) is 5.35. The van der Waals surface area contributed by atoms with Crippen LogP contribution in [-0.4, -0.2) is 19.3 Å². The van der Waals surface area contributed by atoms with Gasteiger partial charge in [0.1, 0.15) is 5.75 Å². The number of carbonyl (C=O) groups excluding carboxylic acids is 1. The third-order valence-corrected chi connectivity index (χ3v) is 2.19. The number of nitrogens with one attached hydrogen (secondary N) is 1. The molecule has 0 aliphatic rings. The van der Waals surface area contributed by atoms with Crippen molar-refractivity contribution in [1.29, 1.82) is 0 Å². The summed E-state index contributed by atoms with van der Waals surface area (Å²) in [7, 11) is 0. The molecule has 0 radical (unpaired) electrons. The molecule has 0 fully saturated rings. The van der Waals surface area contributed by atoms with E-state index < -0.39 is 12.7 Å². The molecule has 100 valence electrons. The van der Waals surface area contributed by atoms with Crippen LogP contribution in [0.5, 0.6) is 5.75 Å². The minimum atomic E-state index is -2.87. The minimum absolute atomic E-state index is 0.0556. The van der Waals surface area contributed by atoms with Crippen molar-refractivity contribution in [3.8, 4) is 5.75 Å². The number of carbonyl (C=O) groups is 1. The number of halogens is 2. The molecule has 1 atom stereocenters. The van der Waals surface area contributed by atoms with Gasteiger partial charge in [-0.15, -0.1) is 0 Å².